The molecular formula is C9H14ClN3O4S. The van der Waals surface area contributed by atoms with Gasteiger partial charge in [0.15, 0.2) is 0 Å². The average molecular weight is 296 g/mol. The van der Waals surface area contributed by atoms with Crippen molar-refractivity contribution in [1.82, 2.24) is 15.1 Å². The van der Waals surface area contributed by atoms with E-state index in [4.69, 9.17) is 15.4 Å². The summed E-state index contributed by atoms with van der Waals surface area (Å²) in [6.07, 6.45) is 3.01. The van der Waals surface area contributed by atoms with Crippen LogP contribution in [0, 0.1) is 0 Å². The first-order valence-corrected chi connectivity index (χ1v) is 7.47. The van der Waals surface area contributed by atoms with Gasteiger partial charge in [-0.1, -0.05) is 0 Å². The quantitative estimate of drug-likeness (QED) is 0.563. The molecule has 1 heterocycles. The minimum atomic E-state index is -3.80. The van der Waals surface area contributed by atoms with Gasteiger partial charge in [-0.15, -0.1) is 0 Å². The Balaban J connectivity index is 2.43. The van der Waals surface area contributed by atoms with Crippen molar-refractivity contribution in [2.75, 3.05) is 20.3 Å². The first-order valence-electron chi connectivity index (χ1n) is 5.16. The van der Waals surface area contributed by atoms with Crippen molar-refractivity contribution in [3.63, 3.8) is 0 Å². The van der Waals surface area contributed by atoms with Crippen molar-refractivity contribution in [3.8, 4) is 0 Å². The highest BCUT2D eigenvalue weighted by Crippen LogP contribution is 2.12. The normalized spacial score (nSPS) is 11.4. The van der Waals surface area contributed by atoms with Gasteiger partial charge in [-0.2, -0.15) is 5.10 Å². The van der Waals surface area contributed by atoms with Crippen molar-refractivity contribution in [2.24, 2.45) is 0 Å². The van der Waals surface area contributed by atoms with Gasteiger partial charge in [0, 0.05) is 37.1 Å². The number of hydrogen-bond donors (Lipinski definition) is 1. The maximum Gasteiger partial charge on any atom is 0.264 e. The van der Waals surface area contributed by atoms with Crippen molar-refractivity contribution in [3.05, 3.63) is 12.4 Å². The summed E-state index contributed by atoms with van der Waals surface area (Å²) < 4.78 is 28.0. The second-order valence-corrected chi connectivity index (χ2v) is 6.07. The van der Waals surface area contributed by atoms with E-state index in [1.165, 1.54) is 10.9 Å². The molecule has 0 bridgehead atoms. The molecule has 0 radical (unpaired) electrons. The molecule has 0 atom stereocenters. The van der Waals surface area contributed by atoms with Gasteiger partial charge in [0.1, 0.15) is 11.4 Å². The van der Waals surface area contributed by atoms with E-state index in [-0.39, 0.29) is 17.3 Å². The van der Waals surface area contributed by atoms with Crippen LogP contribution in [-0.4, -0.2) is 44.4 Å². The summed E-state index contributed by atoms with van der Waals surface area (Å²) in [7, 11) is 2.91. The minimum Gasteiger partial charge on any atom is -0.385 e. The largest absolute Gasteiger partial charge is 0.385 e. The van der Waals surface area contributed by atoms with E-state index in [1.807, 2.05) is 0 Å². The molecule has 1 aromatic rings. The van der Waals surface area contributed by atoms with Crippen LogP contribution in [0.5, 0.6) is 0 Å². The van der Waals surface area contributed by atoms with E-state index in [0.717, 1.165) is 6.20 Å². The van der Waals surface area contributed by atoms with Gasteiger partial charge in [-0.05, 0) is 6.42 Å². The number of ether oxygens (including phenoxy) is 1. The fraction of sp³-hybridized carbons (Fsp3) is 0.556. The molecule has 1 amide bonds. The monoisotopic (exact) mass is 295 g/mol. The lowest BCUT2D eigenvalue weighted by Gasteiger charge is -2.04. The fourth-order valence-corrected chi connectivity index (χ4v) is 1.86. The topological polar surface area (TPSA) is 90.3 Å². The number of carbonyl (C=O) groups excluding carboxylic acids is 1. The van der Waals surface area contributed by atoms with E-state index in [9.17, 15) is 13.2 Å². The van der Waals surface area contributed by atoms with E-state index < -0.39 is 9.05 Å². The third-order valence-corrected chi connectivity index (χ3v) is 3.35. The molecule has 1 N–H and O–H groups in total. The Bertz CT molecular complexity index is 500. The minimum absolute atomic E-state index is 0.0562. The molecule has 7 nitrogen and oxygen atoms in total. The molecule has 0 saturated heterocycles. The third-order valence-electron chi connectivity index (χ3n) is 2.04. The predicted molar refractivity (Wildman–Crippen MR) is 64.8 cm³/mol. The highest BCUT2D eigenvalue weighted by Gasteiger charge is 2.13. The zero-order chi connectivity index (χ0) is 13.6. The Morgan fingerprint density at radius 2 is 2.33 bits per heavy atom. The standard InChI is InChI=1S/C9H14ClN3O4S/c1-17-4-2-3-11-9(14)7-13-6-8(5-12-13)18(10,15)16/h5-6H,2-4,7H2,1H3,(H,11,14). The Labute approximate surface area is 109 Å². The van der Waals surface area contributed by atoms with Gasteiger partial charge < -0.3 is 10.1 Å². The summed E-state index contributed by atoms with van der Waals surface area (Å²) in [5, 5.41) is 6.39. The lowest BCUT2D eigenvalue weighted by molar-refractivity contribution is -0.121. The Morgan fingerprint density at radius 3 is 2.89 bits per heavy atom. The molecule has 1 aromatic heterocycles. The van der Waals surface area contributed by atoms with Crippen LogP contribution in [0.4, 0.5) is 0 Å². The number of rotatable bonds is 7. The molecule has 0 aliphatic heterocycles. The molecule has 1 rings (SSSR count). The summed E-state index contributed by atoms with van der Waals surface area (Å²) in [5.41, 5.74) is 0. The Kier molecular flexibility index (Phi) is 5.57. The van der Waals surface area contributed by atoms with Gasteiger partial charge >= 0.3 is 0 Å². The van der Waals surface area contributed by atoms with Crippen LogP contribution < -0.4 is 5.32 Å². The van der Waals surface area contributed by atoms with Gasteiger partial charge in [0.05, 0.1) is 6.20 Å². The van der Waals surface area contributed by atoms with Crippen molar-refractivity contribution in [1.29, 1.82) is 0 Å². The lowest BCUT2D eigenvalue weighted by atomic mass is 10.4. The number of halogens is 1. The molecule has 0 aliphatic rings. The number of nitrogens with one attached hydrogen (secondary N) is 1. The Morgan fingerprint density at radius 1 is 1.61 bits per heavy atom. The SMILES string of the molecule is COCCCNC(=O)Cn1cc(S(=O)(=O)Cl)cn1. The van der Waals surface area contributed by atoms with Crippen LogP contribution in [0.1, 0.15) is 6.42 Å². The third kappa shape index (κ3) is 5.03. The van der Waals surface area contributed by atoms with Crippen LogP contribution in [0.3, 0.4) is 0 Å². The summed E-state index contributed by atoms with van der Waals surface area (Å²) in [4.78, 5) is 11.3. The van der Waals surface area contributed by atoms with Crippen LogP contribution in [0.25, 0.3) is 0 Å². The number of nitrogens with zero attached hydrogens (tertiary/aromatic N) is 2. The highest BCUT2D eigenvalue weighted by atomic mass is 35.7. The van der Waals surface area contributed by atoms with Crippen LogP contribution in [0.15, 0.2) is 17.3 Å². The highest BCUT2D eigenvalue weighted by molar-refractivity contribution is 8.13. The molecule has 0 saturated carbocycles. The number of aromatic nitrogens is 2. The first kappa shape index (κ1) is 14.9. The number of amides is 1. The predicted octanol–water partition coefficient (Wildman–Crippen LogP) is -0.0367. The van der Waals surface area contributed by atoms with Crippen molar-refractivity contribution in [2.45, 2.75) is 17.9 Å². The van der Waals surface area contributed by atoms with Crippen molar-refractivity contribution >= 4 is 25.6 Å². The smallest absolute Gasteiger partial charge is 0.264 e. The summed E-state index contributed by atoms with van der Waals surface area (Å²) in [6.45, 7) is 1.00. The average Bonchev–Trinajstić information content (AvgIpc) is 2.72. The maximum atomic E-state index is 11.4. The number of carbonyl (C=O) groups is 1. The zero-order valence-electron chi connectivity index (χ0n) is 9.80. The van der Waals surface area contributed by atoms with Crippen molar-refractivity contribution < 1.29 is 17.9 Å². The first-order chi connectivity index (χ1) is 8.43. The molecule has 9 heteroatoms. The van der Waals surface area contributed by atoms with E-state index >= 15 is 0 Å². The van der Waals surface area contributed by atoms with Gasteiger partial charge in [-0.25, -0.2) is 8.42 Å². The summed E-state index contributed by atoms with van der Waals surface area (Å²) in [5.74, 6) is -0.257. The second kappa shape index (κ2) is 6.72. The van der Waals surface area contributed by atoms with E-state index in [2.05, 4.69) is 10.4 Å². The molecule has 102 valence electrons. The van der Waals surface area contributed by atoms with E-state index in [1.54, 1.807) is 7.11 Å². The molecule has 0 aliphatic carbocycles. The van der Waals surface area contributed by atoms with Gasteiger partial charge in [0.2, 0.25) is 5.91 Å². The van der Waals surface area contributed by atoms with E-state index in [0.29, 0.717) is 19.6 Å². The number of hydrogen-bond acceptors (Lipinski definition) is 5. The second-order valence-electron chi connectivity index (χ2n) is 3.51. The molecule has 0 aromatic carbocycles. The zero-order valence-corrected chi connectivity index (χ0v) is 11.4. The van der Waals surface area contributed by atoms with Gasteiger partial charge in [-0.3, -0.25) is 9.48 Å². The molecule has 18 heavy (non-hydrogen) atoms. The molecular weight excluding hydrogens is 282 g/mol. The number of methoxy groups -OCH3 is 1. The maximum absolute atomic E-state index is 11.4. The Hall–Kier alpha value is -1.12. The lowest BCUT2D eigenvalue weighted by Crippen LogP contribution is -2.29. The molecule has 0 spiro atoms. The van der Waals surface area contributed by atoms with Crippen LogP contribution in [0.2, 0.25) is 0 Å². The molecule has 0 fully saturated rings. The summed E-state index contributed by atoms with van der Waals surface area (Å²) >= 11 is 0. The van der Waals surface area contributed by atoms with Crippen LogP contribution >= 0.6 is 10.7 Å². The fourth-order valence-electron chi connectivity index (χ4n) is 1.20. The summed E-state index contributed by atoms with van der Waals surface area (Å²) in [6, 6.07) is 0. The molecule has 0 unspecified atom stereocenters. The van der Waals surface area contributed by atoms with Crippen LogP contribution in [-0.2, 0) is 25.1 Å². The van der Waals surface area contributed by atoms with Gasteiger partial charge in [0.25, 0.3) is 9.05 Å².